The second-order valence-corrected chi connectivity index (χ2v) is 4.81. The zero-order valence-corrected chi connectivity index (χ0v) is 11.9. The number of anilines is 1. The molecule has 3 heteroatoms. The lowest BCUT2D eigenvalue weighted by Crippen LogP contribution is -2.28. The topological polar surface area (TPSA) is 37.4 Å². The number of carbonyl (C=O) groups excluding carboxylic acids is 2. The average molecular weight is 261 g/mol. The number of amides is 1. The standard InChI is InChI=1S/C16H23NO2/c1-3-4-5-9-12-15(18)13-16(19)17(2)14-10-7-6-8-11-14/h6-8,10-11H,3-5,9,12-13H2,1-2H3. The van der Waals surface area contributed by atoms with Crippen molar-refractivity contribution in [1.82, 2.24) is 0 Å². The molecule has 0 saturated carbocycles. The van der Waals surface area contributed by atoms with Crippen molar-refractivity contribution in [2.75, 3.05) is 11.9 Å². The number of hydrogen-bond donors (Lipinski definition) is 0. The van der Waals surface area contributed by atoms with Crippen molar-refractivity contribution in [2.45, 2.75) is 45.4 Å². The molecule has 0 fully saturated rings. The van der Waals surface area contributed by atoms with Crippen molar-refractivity contribution in [3.8, 4) is 0 Å². The molecule has 0 saturated heterocycles. The number of hydrogen-bond acceptors (Lipinski definition) is 2. The van der Waals surface area contributed by atoms with Gasteiger partial charge in [-0.05, 0) is 18.6 Å². The third-order valence-corrected chi connectivity index (χ3v) is 3.18. The van der Waals surface area contributed by atoms with Gasteiger partial charge in [-0.15, -0.1) is 0 Å². The maximum Gasteiger partial charge on any atom is 0.234 e. The first kappa shape index (κ1) is 15.4. The predicted octanol–water partition coefficient (Wildman–Crippen LogP) is 3.58. The molecule has 1 aromatic rings. The fraction of sp³-hybridized carbons (Fsp3) is 0.500. The van der Waals surface area contributed by atoms with Crippen LogP contribution in [0.2, 0.25) is 0 Å². The minimum atomic E-state index is -0.133. The lowest BCUT2D eigenvalue weighted by atomic mass is 10.1. The van der Waals surface area contributed by atoms with Crippen LogP contribution in [0.15, 0.2) is 30.3 Å². The SMILES string of the molecule is CCCCCCC(=O)CC(=O)N(C)c1ccccc1. The van der Waals surface area contributed by atoms with E-state index in [-0.39, 0.29) is 18.1 Å². The smallest absolute Gasteiger partial charge is 0.234 e. The number of para-hydroxylation sites is 1. The molecule has 1 amide bonds. The highest BCUT2D eigenvalue weighted by Crippen LogP contribution is 2.13. The Hall–Kier alpha value is -1.64. The number of unbranched alkanes of at least 4 members (excludes halogenated alkanes) is 3. The minimum Gasteiger partial charge on any atom is -0.315 e. The lowest BCUT2D eigenvalue weighted by Gasteiger charge is -2.16. The van der Waals surface area contributed by atoms with Crippen LogP contribution >= 0.6 is 0 Å². The van der Waals surface area contributed by atoms with Gasteiger partial charge >= 0.3 is 0 Å². The first-order valence-corrected chi connectivity index (χ1v) is 6.98. The van der Waals surface area contributed by atoms with E-state index in [4.69, 9.17) is 0 Å². The molecular formula is C16H23NO2. The van der Waals surface area contributed by atoms with Crippen LogP contribution in [0.25, 0.3) is 0 Å². The van der Waals surface area contributed by atoms with E-state index in [9.17, 15) is 9.59 Å². The molecule has 1 rings (SSSR count). The molecule has 0 N–H and O–H groups in total. The summed E-state index contributed by atoms with van der Waals surface area (Å²) >= 11 is 0. The fourth-order valence-electron chi connectivity index (χ4n) is 1.92. The summed E-state index contributed by atoms with van der Waals surface area (Å²) in [5.74, 6) is -0.0874. The zero-order chi connectivity index (χ0) is 14.1. The summed E-state index contributed by atoms with van der Waals surface area (Å²) in [5.41, 5.74) is 0.825. The third kappa shape index (κ3) is 5.69. The highest BCUT2D eigenvalue weighted by atomic mass is 16.2. The van der Waals surface area contributed by atoms with Crippen molar-refractivity contribution < 1.29 is 9.59 Å². The van der Waals surface area contributed by atoms with Crippen LogP contribution in [0.1, 0.15) is 45.4 Å². The zero-order valence-electron chi connectivity index (χ0n) is 11.9. The number of Topliss-reactive ketones (excluding diaryl/α,β-unsaturated/α-hetero) is 1. The summed E-state index contributed by atoms with van der Waals surface area (Å²) in [7, 11) is 1.71. The molecular weight excluding hydrogens is 238 g/mol. The Balaban J connectivity index is 2.36. The second kappa shape index (κ2) is 8.46. The molecule has 0 aliphatic carbocycles. The number of nitrogens with zero attached hydrogens (tertiary/aromatic N) is 1. The molecule has 0 aromatic heterocycles. The number of carbonyl (C=O) groups is 2. The maximum absolute atomic E-state index is 11.9. The van der Waals surface area contributed by atoms with Gasteiger partial charge in [0, 0.05) is 19.2 Å². The molecule has 0 spiro atoms. The van der Waals surface area contributed by atoms with E-state index in [0.29, 0.717) is 6.42 Å². The van der Waals surface area contributed by atoms with E-state index in [1.807, 2.05) is 30.3 Å². The molecule has 1 aromatic carbocycles. The van der Waals surface area contributed by atoms with Crippen LogP contribution < -0.4 is 4.90 Å². The highest BCUT2D eigenvalue weighted by molar-refractivity contribution is 6.05. The second-order valence-electron chi connectivity index (χ2n) is 4.81. The molecule has 0 heterocycles. The minimum absolute atomic E-state index is 0.0114. The Bertz CT molecular complexity index is 400. The Kier molecular flexibility index (Phi) is 6.86. The van der Waals surface area contributed by atoms with Crippen LogP contribution in [-0.2, 0) is 9.59 Å². The molecule has 19 heavy (non-hydrogen) atoms. The van der Waals surface area contributed by atoms with E-state index in [1.54, 1.807) is 11.9 Å². The summed E-state index contributed by atoms with van der Waals surface area (Å²) < 4.78 is 0. The monoisotopic (exact) mass is 261 g/mol. The Morgan fingerprint density at radius 2 is 1.74 bits per heavy atom. The van der Waals surface area contributed by atoms with E-state index >= 15 is 0 Å². The molecule has 3 nitrogen and oxygen atoms in total. The number of ketones is 1. The fourth-order valence-corrected chi connectivity index (χ4v) is 1.92. The highest BCUT2D eigenvalue weighted by Gasteiger charge is 2.14. The van der Waals surface area contributed by atoms with Crippen LogP contribution in [0.3, 0.4) is 0 Å². The van der Waals surface area contributed by atoms with Gasteiger partial charge < -0.3 is 4.90 Å². The Labute approximate surface area is 115 Å². The van der Waals surface area contributed by atoms with Gasteiger partial charge in [0.25, 0.3) is 0 Å². The summed E-state index contributed by atoms with van der Waals surface area (Å²) in [6.45, 7) is 2.14. The van der Waals surface area contributed by atoms with Gasteiger partial charge in [0.1, 0.15) is 5.78 Å². The summed E-state index contributed by atoms with van der Waals surface area (Å²) in [6.07, 6.45) is 4.82. The molecule has 0 radical (unpaired) electrons. The quantitative estimate of drug-likeness (QED) is 0.530. The molecule has 104 valence electrons. The Morgan fingerprint density at radius 1 is 1.05 bits per heavy atom. The van der Waals surface area contributed by atoms with Gasteiger partial charge in [0.2, 0.25) is 5.91 Å². The maximum atomic E-state index is 11.9. The van der Waals surface area contributed by atoms with Crippen molar-refractivity contribution in [1.29, 1.82) is 0 Å². The van der Waals surface area contributed by atoms with Crippen LogP contribution in [0.4, 0.5) is 5.69 Å². The van der Waals surface area contributed by atoms with Gasteiger partial charge in [-0.2, -0.15) is 0 Å². The summed E-state index contributed by atoms with van der Waals surface area (Å²) in [5, 5.41) is 0. The molecule has 0 aliphatic heterocycles. The summed E-state index contributed by atoms with van der Waals surface area (Å²) in [6, 6.07) is 9.39. The van der Waals surface area contributed by atoms with Gasteiger partial charge in [0.05, 0.1) is 6.42 Å². The first-order valence-electron chi connectivity index (χ1n) is 6.98. The van der Waals surface area contributed by atoms with Crippen molar-refractivity contribution in [3.63, 3.8) is 0 Å². The number of rotatable bonds is 8. The first-order chi connectivity index (χ1) is 9.15. The van der Waals surface area contributed by atoms with Gasteiger partial charge in [-0.25, -0.2) is 0 Å². The van der Waals surface area contributed by atoms with Gasteiger partial charge in [-0.1, -0.05) is 44.4 Å². The van der Waals surface area contributed by atoms with Crippen molar-refractivity contribution in [3.05, 3.63) is 30.3 Å². The van der Waals surface area contributed by atoms with E-state index in [1.165, 1.54) is 0 Å². The van der Waals surface area contributed by atoms with Crippen LogP contribution in [0.5, 0.6) is 0 Å². The molecule has 0 unspecified atom stereocenters. The van der Waals surface area contributed by atoms with E-state index in [2.05, 4.69) is 6.92 Å². The van der Waals surface area contributed by atoms with Crippen molar-refractivity contribution in [2.24, 2.45) is 0 Å². The van der Waals surface area contributed by atoms with Gasteiger partial charge in [-0.3, -0.25) is 9.59 Å². The van der Waals surface area contributed by atoms with Crippen LogP contribution in [0, 0.1) is 0 Å². The van der Waals surface area contributed by atoms with E-state index < -0.39 is 0 Å². The summed E-state index contributed by atoms with van der Waals surface area (Å²) in [4.78, 5) is 25.2. The normalized spacial score (nSPS) is 10.2. The van der Waals surface area contributed by atoms with Crippen LogP contribution in [-0.4, -0.2) is 18.7 Å². The molecule has 0 atom stereocenters. The van der Waals surface area contributed by atoms with Gasteiger partial charge in [0.15, 0.2) is 0 Å². The van der Waals surface area contributed by atoms with Crippen molar-refractivity contribution >= 4 is 17.4 Å². The molecule has 0 bridgehead atoms. The largest absolute Gasteiger partial charge is 0.315 e. The third-order valence-electron chi connectivity index (χ3n) is 3.18. The van der Waals surface area contributed by atoms with E-state index in [0.717, 1.165) is 31.4 Å². The number of benzene rings is 1. The molecule has 0 aliphatic rings. The average Bonchev–Trinajstić information content (AvgIpc) is 2.43. The lowest BCUT2D eigenvalue weighted by molar-refractivity contribution is -0.126. The predicted molar refractivity (Wildman–Crippen MR) is 78.2 cm³/mol. The Morgan fingerprint density at radius 3 is 2.37 bits per heavy atom.